The van der Waals surface area contributed by atoms with E-state index in [1.54, 1.807) is 18.5 Å². The van der Waals surface area contributed by atoms with Crippen molar-refractivity contribution in [1.82, 2.24) is 4.98 Å². The zero-order chi connectivity index (χ0) is 10.7. The van der Waals surface area contributed by atoms with E-state index in [2.05, 4.69) is 4.98 Å². The van der Waals surface area contributed by atoms with Crippen LogP contribution >= 0.6 is 0 Å². The molecule has 4 N–H and O–H groups in total. The molecule has 0 fully saturated rings. The standard InChI is InChI=1S/C8H11N3O3/c1-11(5-2-3-10-4-5)7(12)6(9)8(13)14/h2-4,6,10H,9H2,1H3,(H,13,14). The number of hydrogen-bond donors (Lipinski definition) is 3. The maximum absolute atomic E-state index is 11.4. The van der Waals surface area contributed by atoms with Gasteiger partial charge < -0.3 is 20.7 Å². The maximum atomic E-state index is 11.4. The molecule has 1 atom stereocenters. The van der Waals surface area contributed by atoms with Crippen LogP contribution in [0.5, 0.6) is 0 Å². The number of amides is 1. The Labute approximate surface area is 80.3 Å². The Morgan fingerprint density at radius 1 is 1.64 bits per heavy atom. The summed E-state index contributed by atoms with van der Waals surface area (Å²) in [6.45, 7) is 0. The number of hydrogen-bond acceptors (Lipinski definition) is 3. The van der Waals surface area contributed by atoms with Gasteiger partial charge in [-0.05, 0) is 6.07 Å². The van der Waals surface area contributed by atoms with Crippen LogP contribution in [-0.2, 0) is 9.59 Å². The van der Waals surface area contributed by atoms with Gasteiger partial charge in [-0.25, -0.2) is 4.79 Å². The van der Waals surface area contributed by atoms with Crippen LogP contribution in [0.25, 0.3) is 0 Å². The molecule has 76 valence electrons. The van der Waals surface area contributed by atoms with Crippen molar-refractivity contribution in [3.63, 3.8) is 0 Å². The second-order valence-electron chi connectivity index (χ2n) is 2.78. The number of carbonyl (C=O) groups excluding carboxylic acids is 1. The highest BCUT2D eigenvalue weighted by Crippen LogP contribution is 2.10. The van der Waals surface area contributed by atoms with Crippen LogP contribution in [0.3, 0.4) is 0 Å². The number of aromatic amines is 1. The van der Waals surface area contributed by atoms with Gasteiger partial charge in [-0.3, -0.25) is 4.79 Å². The van der Waals surface area contributed by atoms with Gasteiger partial charge >= 0.3 is 5.97 Å². The van der Waals surface area contributed by atoms with Gasteiger partial charge in [-0.2, -0.15) is 0 Å². The monoisotopic (exact) mass is 197 g/mol. The van der Waals surface area contributed by atoms with Crippen LogP contribution in [0, 0.1) is 0 Å². The van der Waals surface area contributed by atoms with E-state index in [4.69, 9.17) is 10.8 Å². The summed E-state index contributed by atoms with van der Waals surface area (Å²) in [4.78, 5) is 25.8. The lowest BCUT2D eigenvalue weighted by atomic mass is 10.2. The quantitative estimate of drug-likeness (QED) is 0.563. The first-order valence-corrected chi connectivity index (χ1v) is 3.92. The molecule has 0 aliphatic carbocycles. The van der Waals surface area contributed by atoms with Crippen molar-refractivity contribution in [3.05, 3.63) is 18.5 Å². The summed E-state index contributed by atoms with van der Waals surface area (Å²) in [5.74, 6) is -1.99. The van der Waals surface area contributed by atoms with E-state index in [-0.39, 0.29) is 0 Å². The second-order valence-corrected chi connectivity index (χ2v) is 2.78. The van der Waals surface area contributed by atoms with Gasteiger partial charge in [0, 0.05) is 19.4 Å². The number of aliphatic carboxylic acids is 1. The molecule has 6 heteroatoms. The Kier molecular flexibility index (Phi) is 2.88. The lowest BCUT2D eigenvalue weighted by Crippen LogP contribution is -2.46. The summed E-state index contributed by atoms with van der Waals surface area (Å²) in [6.07, 6.45) is 3.21. The van der Waals surface area contributed by atoms with Crippen molar-refractivity contribution in [2.45, 2.75) is 6.04 Å². The minimum absolute atomic E-state index is 0.576. The third kappa shape index (κ3) is 1.91. The summed E-state index contributed by atoms with van der Waals surface area (Å²) in [6, 6.07) is 0.127. The Morgan fingerprint density at radius 2 is 2.29 bits per heavy atom. The molecule has 1 rings (SSSR count). The molecule has 1 aromatic heterocycles. The number of nitrogens with two attached hydrogens (primary N) is 1. The number of carbonyl (C=O) groups is 2. The fraction of sp³-hybridized carbons (Fsp3) is 0.250. The van der Waals surface area contributed by atoms with E-state index >= 15 is 0 Å². The normalized spacial score (nSPS) is 12.1. The van der Waals surface area contributed by atoms with E-state index in [0.717, 1.165) is 0 Å². The highest BCUT2D eigenvalue weighted by Gasteiger charge is 2.25. The lowest BCUT2D eigenvalue weighted by Gasteiger charge is -2.17. The minimum atomic E-state index is -1.52. The summed E-state index contributed by atoms with van der Waals surface area (Å²) < 4.78 is 0. The molecular weight excluding hydrogens is 186 g/mol. The second kappa shape index (κ2) is 3.93. The molecule has 1 heterocycles. The molecule has 0 aliphatic heterocycles. The molecule has 6 nitrogen and oxygen atoms in total. The highest BCUT2D eigenvalue weighted by molar-refractivity contribution is 6.08. The van der Waals surface area contributed by atoms with Crippen molar-refractivity contribution >= 4 is 17.6 Å². The molecule has 14 heavy (non-hydrogen) atoms. The molecule has 0 aliphatic rings. The number of carboxylic acids is 1. The van der Waals surface area contributed by atoms with Crippen LogP contribution in [-0.4, -0.2) is 35.1 Å². The number of H-pyrrole nitrogens is 1. The molecule has 0 radical (unpaired) electrons. The van der Waals surface area contributed by atoms with Crippen molar-refractivity contribution < 1.29 is 14.7 Å². The number of anilines is 1. The zero-order valence-corrected chi connectivity index (χ0v) is 7.60. The first kappa shape index (κ1) is 10.3. The molecular formula is C8H11N3O3. The maximum Gasteiger partial charge on any atom is 0.330 e. The van der Waals surface area contributed by atoms with Crippen LogP contribution in [0.2, 0.25) is 0 Å². The highest BCUT2D eigenvalue weighted by atomic mass is 16.4. The Morgan fingerprint density at radius 3 is 2.71 bits per heavy atom. The first-order chi connectivity index (χ1) is 6.54. The topological polar surface area (TPSA) is 99.4 Å². The number of nitrogens with zero attached hydrogens (tertiary/aromatic N) is 1. The number of likely N-dealkylation sites (N-methyl/N-ethyl adjacent to an activating group) is 1. The number of rotatable bonds is 3. The third-order valence-corrected chi connectivity index (χ3v) is 1.83. The predicted octanol–water partition coefficient (Wildman–Crippen LogP) is -0.611. The predicted molar refractivity (Wildman–Crippen MR) is 49.8 cm³/mol. The van der Waals surface area contributed by atoms with E-state index in [9.17, 15) is 9.59 Å². The van der Waals surface area contributed by atoms with E-state index in [0.29, 0.717) is 5.69 Å². The zero-order valence-electron chi connectivity index (χ0n) is 7.60. The Bertz CT molecular complexity index is 334. The average molecular weight is 197 g/mol. The van der Waals surface area contributed by atoms with Crippen LogP contribution in [0.1, 0.15) is 0 Å². The van der Waals surface area contributed by atoms with Crippen LogP contribution in [0.15, 0.2) is 18.5 Å². The van der Waals surface area contributed by atoms with E-state index < -0.39 is 17.9 Å². The van der Waals surface area contributed by atoms with Crippen LogP contribution < -0.4 is 10.6 Å². The van der Waals surface area contributed by atoms with Gasteiger partial charge in [0.05, 0.1) is 5.69 Å². The smallest absolute Gasteiger partial charge is 0.330 e. The fourth-order valence-corrected chi connectivity index (χ4v) is 0.965. The van der Waals surface area contributed by atoms with Gasteiger partial charge in [-0.15, -0.1) is 0 Å². The average Bonchev–Trinajstić information content (AvgIpc) is 2.67. The Hall–Kier alpha value is -1.82. The summed E-state index contributed by atoms with van der Waals surface area (Å²) in [5.41, 5.74) is 5.74. The summed E-state index contributed by atoms with van der Waals surface area (Å²) >= 11 is 0. The molecule has 0 spiro atoms. The van der Waals surface area contributed by atoms with Crippen molar-refractivity contribution in [3.8, 4) is 0 Å². The third-order valence-electron chi connectivity index (χ3n) is 1.83. The lowest BCUT2D eigenvalue weighted by molar-refractivity contribution is -0.142. The fourth-order valence-electron chi connectivity index (χ4n) is 0.965. The van der Waals surface area contributed by atoms with Crippen molar-refractivity contribution in [2.24, 2.45) is 5.73 Å². The van der Waals surface area contributed by atoms with Crippen LogP contribution in [0.4, 0.5) is 5.69 Å². The molecule has 0 bridgehead atoms. The van der Waals surface area contributed by atoms with Crippen molar-refractivity contribution in [2.75, 3.05) is 11.9 Å². The Balaban J connectivity index is 2.76. The molecule has 1 aromatic rings. The first-order valence-electron chi connectivity index (χ1n) is 3.92. The van der Waals surface area contributed by atoms with Crippen molar-refractivity contribution in [1.29, 1.82) is 0 Å². The summed E-state index contributed by atoms with van der Waals surface area (Å²) in [5, 5.41) is 8.52. The summed E-state index contributed by atoms with van der Waals surface area (Å²) in [7, 11) is 1.47. The van der Waals surface area contributed by atoms with Gasteiger partial charge in [0.2, 0.25) is 0 Å². The van der Waals surface area contributed by atoms with Gasteiger partial charge in [-0.1, -0.05) is 0 Å². The van der Waals surface area contributed by atoms with E-state index in [1.807, 2.05) is 0 Å². The molecule has 0 aromatic carbocycles. The largest absolute Gasteiger partial charge is 0.480 e. The minimum Gasteiger partial charge on any atom is -0.480 e. The molecule has 0 saturated heterocycles. The number of carboxylic acid groups (broad SMARTS) is 1. The van der Waals surface area contributed by atoms with Gasteiger partial charge in [0.1, 0.15) is 0 Å². The number of nitrogens with one attached hydrogen (secondary N) is 1. The molecule has 1 unspecified atom stereocenters. The molecule has 1 amide bonds. The van der Waals surface area contributed by atoms with Gasteiger partial charge in [0.25, 0.3) is 5.91 Å². The SMILES string of the molecule is CN(C(=O)C(N)C(=O)O)c1cc[nH]c1. The van der Waals surface area contributed by atoms with Gasteiger partial charge in [0.15, 0.2) is 6.04 Å². The van der Waals surface area contributed by atoms with E-state index in [1.165, 1.54) is 11.9 Å². The number of aromatic nitrogens is 1. The molecule has 0 saturated carbocycles.